The summed E-state index contributed by atoms with van der Waals surface area (Å²) in [5, 5.41) is 30.2. The van der Waals surface area contributed by atoms with Crippen LogP contribution >= 0.6 is 0 Å². The molecule has 0 saturated carbocycles. The van der Waals surface area contributed by atoms with Gasteiger partial charge in [-0.3, -0.25) is 4.57 Å². The van der Waals surface area contributed by atoms with Crippen LogP contribution in [0.4, 0.5) is 5.82 Å². The van der Waals surface area contributed by atoms with E-state index in [9.17, 15) is 10.2 Å². The number of aliphatic hydroxyl groups excluding tert-OH is 2. The molecule has 4 rings (SSSR count). The molecule has 11 heteroatoms. The molecule has 0 aliphatic carbocycles. The predicted molar refractivity (Wildman–Crippen MR) is 67.9 cm³/mol. The summed E-state index contributed by atoms with van der Waals surface area (Å²) < 4.78 is 8.70. The van der Waals surface area contributed by atoms with Crippen molar-refractivity contribution < 1.29 is 14.9 Å². The normalized spacial score (nSPS) is 26.1. The van der Waals surface area contributed by atoms with Gasteiger partial charge < -0.3 is 20.7 Å². The van der Waals surface area contributed by atoms with Gasteiger partial charge in [-0.1, -0.05) is 5.10 Å². The van der Waals surface area contributed by atoms with E-state index in [0.717, 1.165) is 0 Å². The van der Waals surface area contributed by atoms with Crippen molar-refractivity contribution in [2.45, 2.75) is 24.9 Å². The maximum Gasteiger partial charge on any atom is 0.277 e. The number of nitrogens with two attached hydrogens (primary N) is 1. The quantitative estimate of drug-likeness (QED) is 0.491. The molecule has 11 nitrogen and oxygen atoms in total. The Morgan fingerprint density at radius 3 is 3.10 bits per heavy atom. The average molecular weight is 292 g/mol. The van der Waals surface area contributed by atoms with Crippen LogP contribution in [0.3, 0.4) is 0 Å². The van der Waals surface area contributed by atoms with Gasteiger partial charge >= 0.3 is 0 Å². The second-order valence-corrected chi connectivity index (χ2v) is 4.83. The molecule has 1 aliphatic heterocycles. The number of hydrogen-bond donors (Lipinski definition) is 3. The molecule has 1 aliphatic rings. The lowest BCUT2D eigenvalue weighted by molar-refractivity contribution is -0.0433. The van der Waals surface area contributed by atoms with Crippen LogP contribution in [0.1, 0.15) is 12.6 Å². The Balaban J connectivity index is 1.90. The fourth-order valence-electron chi connectivity index (χ4n) is 2.56. The zero-order chi connectivity index (χ0) is 14.6. The van der Waals surface area contributed by atoms with E-state index in [1.807, 2.05) is 0 Å². The molecule has 3 aromatic rings. The number of aliphatic hydroxyl groups is 2. The second kappa shape index (κ2) is 4.31. The minimum Gasteiger partial charge on any atom is -0.394 e. The summed E-state index contributed by atoms with van der Waals surface area (Å²) in [6.07, 6.45) is -0.0166. The van der Waals surface area contributed by atoms with Crippen LogP contribution < -0.4 is 5.73 Å². The average Bonchev–Trinajstić information content (AvgIpc) is 3.14. The summed E-state index contributed by atoms with van der Waals surface area (Å²) in [5.41, 5.74) is 6.82. The summed E-state index contributed by atoms with van der Waals surface area (Å²) in [4.78, 5) is 8.25. The number of fused-ring (bicyclic) bond motifs is 3. The largest absolute Gasteiger partial charge is 0.394 e. The highest BCUT2D eigenvalue weighted by molar-refractivity contribution is 5.83. The van der Waals surface area contributed by atoms with E-state index in [2.05, 4.69) is 25.5 Å². The number of aromatic nitrogens is 7. The van der Waals surface area contributed by atoms with Crippen LogP contribution in [0, 0.1) is 0 Å². The lowest BCUT2D eigenvalue weighted by atomic mass is 10.2. The summed E-state index contributed by atoms with van der Waals surface area (Å²) in [7, 11) is 0. The van der Waals surface area contributed by atoms with Gasteiger partial charge in [-0.15, -0.1) is 0 Å². The van der Waals surface area contributed by atoms with Gasteiger partial charge in [-0.2, -0.15) is 9.50 Å². The molecular weight excluding hydrogens is 280 g/mol. The van der Waals surface area contributed by atoms with Crippen LogP contribution in [0.25, 0.3) is 16.9 Å². The van der Waals surface area contributed by atoms with E-state index in [1.165, 1.54) is 10.8 Å². The Bertz CT molecular complexity index is 813. The molecule has 4 heterocycles. The number of nitrogens with zero attached hydrogens (tertiary/aromatic N) is 7. The maximum absolute atomic E-state index is 9.86. The third kappa shape index (κ3) is 1.68. The van der Waals surface area contributed by atoms with Crippen LogP contribution in [-0.4, -0.2) is 63.6 Å². The number of rotatable bonds is 2. The lowest BCUT2D eigenvalue weighted by Crippen LogP contribution is -2.24. The topological polar surface area (TPSA) is 150 Å². The van der Waals surface area contributed by atoms with E-state index in [-0.39, 0.29) is 18.2 Å². The number of tetrazole rings is 1. The Labute approximate surface area is 117 Å². The second-order valence-electron chi connectivity index (χ2n) is 4.83. The molecule has 0 spiro atoms. The van der Waals surface area contributed by atoms with Gasteiger partial charge in [0.1, 0.15) is 12.3 Å². The predicted octanol–water partition coefficient (Wildman–Crippen LogP) is -1.91. The number of hydrogen-bond acceptors (Lipinski definition) is 9. The maximum atomic E-state index is 9.86. The van der Waals surface area contributed by atoms with E-state index in [0.29, 0.717) is 17.6 Å². The highest BCUT2D eigenvalue weighted by atomic mass is 16.5. The van der Waals surface area contributed by atoms with Gasteiger partial charge in [-0.05, 0) is 10.4 Å². The fourth-order valence-corrected chi connectivity index (χ4v) is 2.56. The highest BCUT2D eigenvalue weighted by Gasteiger charge is 2.35. The van der Waals surface area contributed by atoms with E-state index >= 15 is 0 Å². The number of nitrogen functional groups attached to an aromatic ring is 1. The summed E-state index contributed by atoms with van der Waals surface area (Å²) in [6, 6.07) is 0. The minimum atomic E-state index is -0.749. The van der Waals surface area contributed by atoms with E-state index < -0.39 is 18.4 Å². The van der Waals surface area contributed by atoms with Gasteiger partial charge in [-0.25, -0.2) is 4.98 Å². The first-order valence-electron chi connectivity index (χ1n) is 6.33. The molecule has 110 valence electrons. The fraction of sp³-hybridized carbons (Fsp3) is 0.500. The standard InChI is InChI=1S/C10H12N8O3/c11-8-7-9(18-10(13-8)14-15-16-18)17(3-12-7)6-1-4(20)5(2-19)21-6/h3-6,19-20H,1-2H2,(H2,11,13,14,16). The molecule has 21 heavy (non-hydrogen) atoms. The molecule has 0 amide bonds. The van der Waals surface area contributed by atoms with Crippen molar-refractivity contribution >= 4 is 22.8 Å². The van der Waals surface area contributed by atoms with E-state index in [1.54, 1.807) is 4.57 Å². The van der Waals surface area contributed by atoms with Crippen molar-refractivity contribution in [2.24, 2.45) is 0 Å². The van der Waals surface area contributed by atoms with Crippen LogP contribution in [0.2, 0.25) is 0 Å². The first kappa shape index (κ1) is 12.4. The minimum absolute atomic E-state index is 0.211. The molecule has 3 atom stereocenters. The third-order valence-electron chi connectivity index (χ3n) is 3.58. The highest BCUT2D eigenvalue weighted by Crippen LogP contribution is 2.31. The summed E-state index contributed by atoms with van der Waals surface area (Å²) >= 11 is 0. The SMILES string of the molecule is Nc1nc2nnnn2c2c1ncn2C1CC(O)C(CO)O1. The zero-order valence-corrected chi connectivity index (χ0v) is 10.7. The van der Waals surface area contributed by atoms with Crippen LogP contribution in [0.5, 0.6) is 0 Å². The summed E-state index contributed by atoms with van der Waals surface area (Å²) in [5.74, 6) is 0.460. The lowest BCUT2D eigenvalue weighted by Gasteiger charge is -2.14. The Kier molecular flexibility index (Phi) is 2.54. The van der Waals surface area contributed by atoms with Gasteiger partial charge in [0.2, 0.25) is 0 Å². The van der Waals surface area contributed by atoms with Crippen molar-refractivity contribution in [3.05, 3.63) is 6.33 Å². The van der Waals surface area contributed by atoms with Gasteiger partial charge in [0.15, 0.2) is 17.0 Å². The molecular formula is C10H12N8O3. The summed E-state index contributed by atoms with van der Waals surface area (Å²) in [6.45, 7) is -0.256. The third-order valence-corrected chi connectivity index (χ3v) is 3.58. The monoisotopic (exact) mass is 292 g/mol. The van der Waals surface area contributed by atoms with Gasteiger partial charge in [0.05, 0.1) is 19.0 Å². The smallest absolute Gasteiger partial charge is 0.277 e. The Hall–Kier alpha value is -2.37. The molecule has 0 bridgehead atoms. The molecule has 3 aromatic heterocycles. The van der Waals surface area contributed by atoms with Crippen molar-refractivity contribution in [1.29, 1.82) is 0 Å². The number of imidazole rings is 1. The van der Waals surface area contributed by atoms with Gasteiger partial charge in [0, 0.05) is 6.42 Å². The zero-order valence-electron chi connectivity index (χ0n) is 10.7. The van der Waals surface area contributed by atoms with Crippen molar-refractivity contribution in [3.8, 4) is 0 Å². The van der Waals surface area contributed by atoms with Crippen molar-refractivity contribution in [1.82, 2.24) is 34.6 Å². The number of ether oxygens (including phenoxy) is 1. The first-order valence-corrected chi connectivity index (χ1v) is 6.33. The Morgan fingerprint density at radius 1 is 1.48 bits per heavy atom. The molecule has 4 N–H and O–H groups in total. The van der Waals surface area contributed by atoms with Gasteiger partial charge in [0.25, 0.3) is 5.78 Å². The number of anilines is 1. The van der Waals surface area contributed by atoms with Crippen molar-refractivity contribution in [2.75, 3.05) is 12.3 Å². The van der Waals surface area contributed by atoms with Crippen LogP contribution in [-0.2, 0) is 4.74 Å². The van der Waals surface area contributed by atoms with Crippen molar-refractivity contribution in [3.63, 3.8) is 0 Å². The van der Waals surface area contributed by atoms with E-state index in [4.69, 9.17) is 10.5 Å². The molecule has 3 unspecified atom stereocenters. The first-order chi connectivity index (χ1) is 10.2. The Morgan fingerprint density at radius 2 is 2.33 bits per heavy atom. The molecule has 0 aromatic carbocycles. The van der Waals surface area contributed by atoms with Crippen LogP contribution in [0.15, 0.2) is 6.33 Å². The molecule has 1 fully saturated rings. The molecule has 1 saturated heterocycles. The molecule has 0 radical (unpaired) electrons.